The van der Waals surface area contributed by atoms with Gasteiger partial charge < -0.3 is 17.8 Å². The van der Waals surface area contributed by atoms with Crippen LogP contribution in [0, 0.1) is 0 Å². The zero-order chi connectivity index (χ0) is 15.5. The molecule has 2 aromatic rings. The monoisotopic (exact) mass is 323 g/mol. The van der Waals surface area contributed by atoms with Crippen molar-refractivity contribution in [1.29, 1.82) is 0 Å². The number of benzene rings is 2. The molecule has 0 aromatic heterocycles. The molecule has 0 fully saturated rings. The van der Waals surface area contributed by atoms with E-state index in [1.165, 1.54) is 0 Å². The molecule has 0 unspecified atom stereocenters. The van der Waals surface area contributed by atoms with Crippen LogP contribution in [0.3, 0.4) is 0 Å². The first-order valence-corrected chi connectivity index (χ1v) is 9.00. The molecule has 1 radical (unpaired) electrons. The SMILES string of the molecule is CO[Si](OC)OC.O=[PH](c1ccccc1)c1ccccc1. The van der Waals surface area contributed by atoms with Crippen molar-refractivity contribution in [3.05, 3.63) is 60.7 Å². The van der Waals surface area contributed by atoms with Gasteiger partial charge >= 0.3 is 9.53 Å². The molecule has 2 aromatic carbocycles. The van der Waals surface area contributed by atoms with Crippen LogP contribution in [-0.4, -0.2) is 30.9 Å². The van der Waals surface area contributed by atoms with Gasteiger partial charge in [0.1, 0.15) is 7.80 Å². The van der Waals surface area contributed by atoms with Crippen molar-refractivity contribution in [2.75, 3.05) is 21.3 Å². The quantitative estimate of drug-likeness (QED) is 0.624. The molecule has 21 heavy (non-hydrogen) atoms. The third-order valence-corrected chi connectivity index (χ3v) is 5.29. The zero-order valence-corrected chi connectivity index (χ0v) is 14.4. The fourth-order valence-corrected chi connectivity index (χ4v) is 3.42. The van der Waals surface area contributed by atoms with E-state index in [-0.39, 0.29) is 0 Å². The maximum absolute atomic E-state index is 12.0. The molecule has 0 aliphatic heterocycles. The van der Waals surface area contributed by atoms with E-state index < -0.39 is 17.3 Å². The highest BCUT2D eigenvalue weighted by Gasteiger charge is 2.09. The Bertz CT molecular complexity index is 471. The van der Waals surface area contributed by atoms with Crippen LogP contribution in [-0.2, 0) is 17.8 Å². The molecule has 0 bridgehead atoms. The number of rotatable bonds is 5. The van der Waals surface area contributed by atoms with Crippen LogP contribution in [0.2, 0.25) is 0 Å². The van der Waals surface area contributed by atoms with Crippen molar-refractivity contribution in [3.63, 3.8) is 0 Å². The van der Waals surface area contributed by atoms with E-state index in [0.29, 0.717) is 0 Å². The molecule has 0 aliphatic carbocycles. The lowest BCUT2D eigenvalue weighted by Gasteiger charge is -2.02. The molecule has 0 atom stereocenters. The van der Waals surface area contributed by atoms with Crippen molar-refractivity contribution in [2.45, 2.75) is 0 Å². The second-order valence-corrected chi connectivity index (χ2v) is 7.46. The largest absolute Gasteiger partial charge is 0.576 e. The lowest BCUT2D eigenvalue weighted by molar-refractivity contribution is 0.163. The second-order valence-electron chi connectivity index (χ2n) is 3.92. The molecule has 0 saturated heterocycles. The van der Waals surface area contributed by atoms with Gasteiger partial charge in [0.15, 0.2) is 0 Å². The lowest BCUT2D eigenvalue weighted by atomic mass is 10.4. The van der Waals surface area contributed by atoms with Crippen LogP contribution in [0.5, 0.6) is 0 Å². The van der Waals surface area contributed by atoms with Crippen LogP contribution in [0.4, 0.5) is 0 Å². The molecule has 0 spiro atoms. The van der Waals surface area contributed by atoms with E-state index >= 15 is 0 Å². The molecule has 113 valence electrons. The summed E-state index contributed by atoms with van der Waals surface area (Å²) in [6.45, 7) is 0. The third kappa shape index (κ3) is 6.38. The fourth-order valence-electron chi connectivity index (χ4n) is 1.60. The Hall–Kier alpha value is -1.23. The first-order chi connectivity index (χ1) is 10.2. The molecule has 2 rings (SSSR count). The topological polar surface area (TPSA) is 44.8 Å². The maximum Gasteiger partial charge on any atom is 0.576 e. The minimum Gasteiger partial charge on any atom is -0.375 e. The summed E-state index contributed by atoms with van der Waals surface area (Å²) in [4.78, 5) is 0. The van der Waals surface area contributed by atoms with Crippen LogP contribution in [0.15, 0.2) is 60.7 Å². The zero-order valence-electron chi connectivity index (χ0n) is 12.4. The van der Waals surface area contributed by atoms with Crippen molar-refractivity contribution in [3.8, 4) is 0 Å². The summed E-state index contributed by atoms with van der Waals surface area (Å²) in [5.41, 5.74) is 0. The average molecular weight is 323 g/mol. The highest BCUT2D eigenvalue weighted by atomic mass is 31.1. The Kier molecular flexibility index (Phi) is 8.90. The molecular weight excluding hydrogens is 303 g/mol. The Morgan fingerprint density at radius 1 is 0.714 bits per heavy atom. The summed E-state index contributed by atoms with van der Waals surface area (Å²) in [6.07, 6.45) is 0. The van der Waals surface area contributed by atoms with Crippen LogP contribution in [0.1, 0.15) is 0 Å². The van der Waals surface area contributed by atoms with E-state index in [4.69, 9.17) is 13.3 Å². The van der Waals surface area contributed by atoms with Gasteiger partial charge in [0.2, 0.25) is 0 Å². The summed E-state index contributed by atoms with van der Waals surface area (Å²) in [5, 5.41) is 1.84. The fraction of sp³-hybridized carbons (Fsp3) is 0.200. The predicted molar refractivity (Wildman–Crippen MR) is 87.9 cm³/mol. The van der Waals surface area contributed by atoms with Gasteiger partial charge in [-0.3, -0.25) is 0 Å². The maximum atomic E-state index is 12.0. The molecule has 0 amide bonds. The van der Waals surface area contributed by atoms with Gasteiger partial charge in [0.25, 0.3) is 0 Å². The van der Waals surface area contributed by atoms with Gasteiger partial charge in [-0.25, -0.2) is 0 Å². The summed E-state index contributed by atoms with van der Waals surface area (Å²) in [7, 11) is 1.51. The van der Waals surface area contributed by atoms with E-state index in [1.54, 1.807) is 21.3 Å². The molecule has 0 saturated carbocycles. The van der Waals surface area contributed by atoms with Crippen molar-refractivity contribution in [2.24, 2.45) is 0 Å². The number of hydrogen-bond acceptors (Lipinski definition) is 4. The predicted octanol–water partition coefficient (Wildman–Crippen LogP) is 2.11. The molecule has 6 heteroatoms. The summed E-state index contributed by atoms with van der Waals surface area (Å²) < 4.78 is 26.1. The molecular formula is C15H20O4PSi. The third-order valence-electron chi connectivity index (χ3n) is 2.57. The van der Waals surface area contributed by atoms with Crippen molar-refractivity contribution >= 4 is 27.9 Å². The van der Waals surface area contributed by atoms with Crippen LogP contribution >= 0.6 is 7.80 Å². The minimum atomic E-state index is -1.79. The Labute approximate surface area is 128 Å². The standard InChI is InChI=1S/C12H11OP.C3H9O3Si/c13-14(11-7-3-1-4-8-11)12-9-5-2-6-10-12;1-4-7(5-2)6-3/h1-10,14H;1-3H3. The van der Waals surface area contributed by atoms with Gasteiger partial charge in [0, 0.05) is 31.9 Å². The highest BCUT2D eigenvalue weighted by Crippen LogP contribution is 2.18. The minimum absolute atomic E-state index is 0.920. The lowest BCUT2D eigenvalue weighted by Crippen LogP contribution is -2.21. The van der Waals surface area contributed by atoms with E-state index in [2.05, 4.69) is 0 Å². The van der Waals surface area contributed by atoms with Crippen LogP contribution < -0.4 is 10.6 Å². The second kappa shape index (κ2) is 10.5. The summed E-state index contributed by atoms with van der Waals surface area (Å²) in [5.74, 6) is 0. The van der Waals surface area contributed by atoms with Crippen molar-refractivity contribution < 1.29 is 17.8 Å². The number of hydrogen-bond donors (Lipinski definition) is 0. The molecule has 0 aliphatic rings. The van der Waals surface area contributed by atoms with E-state index in [9.17, 15) is 4.57 Å². The average Bonchev–Trinajstić information content (AvgIpc) is 2.58. The first-order valence-electron chi connectivity index (χ1n) is 6.36. The molecule has 0 N–H and O–H groups in total. The van der Waals surface area contributed by atoms with Gasteiger partial charge in [-0.1, -0.05) is 60.7 Å². The first kappa shape index (κ1) is 17.8. The smallest absolute Gasteiger partial charge is 0.375 e. The van der Waals surface area contributed by atoms with Gasteiger partial charge in [-0.05, 0) is 0 Å². The summed E-state index contributed by atoms with van der Waals surface area (Å²) >= 11 is 0. The van der Waals surface area contributed by atoms with Gasteiger partial charge in [-0.2, -0.15) is 0 Å². The normalized spacial score (nSPS) is 10.3. The Balaban J connectivity index is 0.000000270. The molecule has 4 nitrogen and oxygen atoms in total. The van der Waals surface area contributed by atoms with Gasteiger partial charge in [-0.15, -0.1) is 0 Å². The Morgan fingerprint density at radius 2 is 1.05 bits per heavy atom. The summed E-state index contributed by atoms with van der Waals surface area (Å²) in [6, 6.07) is 19.2. The van der Waals surface area contributed by atoms with Crippen LogP contribution in [0.25, 0.3) is 0 Å². The highest BCUT2D eigenvalue weighted by molar-refractivity contribution is 7.61. The van der Waals surface area contributed by atoms with Gasteiger partial charge in [0.05, 0.1) is 0 Å². The molecule has 0 heterocycles. The van der Waals surface area contributed by atoms with E-state index in [0.717, 1.165) is 10.6 Å². The Morgan fingerprint density at radius 3 is 1.29 bits per heavy atom. The van der Waals surface area contributed by atoms with E-state index in [1.807, 2.05) is 60.7 Å². The van der Waals surface area contributed by atoms with Crippen molar-refractivity contribution in [1.82, 2.24) is 0 Å².